The number of amides is 1. The molecule has 0 unspecified atom stereocenters. The molecule has 2 heterocycles. The van der Waals surface area contributed by atoms with Crippen LogP contribution in [-0.4, -0.2) is 50.0 Å². The van der Waals surface area contributed by atoms with E-state index in [0.29, 0.717) is 18.8 Å². The molecule has 0 radical (unpaired) electrons. The maximum Gasteiger partial charge on any atom is 0.291 e. The smallest absolute Gasteiger partial charge is 0.291 e. The lowest BCUT2D eigenvalue weighted by atomic mass is 10.2. The van der Waals surface area contributed by atoms with Gasteiger partial charge in [0, 0.05) is 18.7 Å². The van der Waals surface area contributed by atoms with Gasteiger partial charge in [0.05, 0.1) is 30.1 Å². The lowest BCUT2D eigenvalue weighted by Crippen LogP contribution is -2.40. The summed E-state index contributed by atoms with van der Waals surface area (Å²) in [4.78, 5) is 12.2. The van der Waals surface area contributed by atoms with E-state index in [-0.39, 0.29) is 35.2 Å². The maximum absolute atomic E-state index is 12.7. The van der Waals surface area contributed by atoms with Gasteiger partial charge in [0.25, 0.3) is 5.91 Å². The normalized spacial score (nSPS) is 15.9. The van der Waals surface area contributed by atoms with Gasteiger partial charge in [0.1, 0.15) is 5.75 Å². The predicted octanol–water partition coefficient (Wildman–Crippen LogP) is 1.57. The highest BCUT2D eigenvalue weighted by Crippen LogP contribution is 2.29. The summed E-state index contributed by atoms with van der Waals surface area (Å²) in [5.41, 5.74) is 0.629. The van der Waals surface area contributed by atoms with E-state index in [2.05, 4.69) is 5.32 Å². The summed E-state index contributed by atoms with van der Waals surface area (Å²) in [6.45, 7) is 2.89. The van der Waals surface area contributed by atoms with E-state index < -0.39 is 15.9 Å². The molecule has 134 valence electrons. The molecule has 1 fully saturated rings. The van der Waals surface area contributed by atoms with Crippen molar-refractivity contribution in [2.45, 2.75) is 11.8 Å². The zero-order valence-electron chi connectivity index (χ0n) is 13.6. The highest BCUT2D eigenvalue weighted by molar-refractivity contribution is 7.89. The molecule has 0 aliphatic carbocycles. The summed E-state index contributed by atoms with van der Waals surface area (Å²) in [5, 5.41) is 12.4. The number of morpholine rings is 1. The van der Waals surface area contributed by atoms with Gasteiger partial charge in [-0.05, 0) is 31.2 Å². The maximum atomic E-state index is 12.7. The van der Waals surface area contributed by atoms with E-state index in [4.69, 9.17) is 9.15 Å². The van der Waals surface area contributed by atoms with Crippen LogP contribution in [0.3, 0.4) is 0 Å². The first-order valence-corrected chi connectivity index (χ1v) is 9.10. The summed E-state index contributed by atoms with van der Waals surface area (Å²) < 4.78 is 36.9. The van der Waals surface area contributed by atoms with Gasteiger partial charge < -0.3 is 19.6 Å². The second kappa shape index (κ2) is 6.87. The predicted molar refractivity (Wildman–Crippen MR) is 89.1 cm³/mol. The third-order valence-electron chi connectivity index (χ3n) is 3.89. The molecule has 1 saturated heterocycles. The Bertz CT molecular complexity index is 884. The standard InChI is InChI=1S/C16H18N2O6S/c1-11-4-7-24-15(11)16(20)17-13-10-12(2-3-14(13)19)25(21,22)18-5-8-23-9-6-18/h2-4,7,10,19H,5-6,8-9H2,1H3,(H,17,20). The zero-order chi connectivity index (χ0) is 18.0. The number of carbonyl (C=O) groups excluding carboxylic acids is 1. The number of nitrogens with one attached hydrogen (secondary N) is 1. The molecular weight excluding hydrogens is 348 g/mol. The van der Waals surface area contributed by atoms with Crippen molar-refractivity contribution in [3.05, 3.63) is 41.9 Å². The minimum Gasteiger partial charge on any atom is -0.506 e. The summed E-state index contributed by atoms with van der Waals surface area (Å²) in [7, 11) is -3.73. The number of ether oxygens (including phenoxy) is 1. The van der Waals surface area contributed by atoms with Crippen molar-refractivity contribution in [1.82, 2.24) is 4.31 Å². The van der Waals surface area contributed by atoms with Gasteiger partial charge in [-0.1, -0.05) is 0 Å². The average Bonchev–Trinajstić information content (AvgIpc) is 3.03. The van der Waals surface area contributed by atoms with Crippen LogP contribution in [0.4, 0.5) is 5.69 Å². The number of hydrogen-bond acceptors (Lipinski definition) is 6. The minimum absolute atomic E-state index is 0.00451. The van der Waals surface area contributed by atoms with Gasteiger partial charge in [0.15, 0.2) is 5.76 Å². The van der Waals surface area contributed by atoms with Gasteiger partial charge in [-0.15, -0.1) is 0 Å². The van der Waals surface area contributed by atoms with Crippen molar-refractivity contribution in [2.75, 3.05) is 31.6 Å². The van der Waals surface area contributed by atoms with Gasteiger partial charge in [-0.25, -0.2) is 8.42 Å². The number of phenolic OH excluding ortho intramolecular Hbond substituents is 1. The topological polar surface area (TPSA) is 109 Å². The summed E-state index contributed by atoms with van der Waals surface area (Å²) in [6, 6.07) is 5.40. The fourth-order valence-corrected chi connectivity index (χ4v) is 3.93. The van der Waals surface area contributed by atoms with Crippen molar-refractivity contribution in [2.24, 2.45) is 0 Å². The Balaban J connectivity index is 1.88. The average molecular weight is 366 g/mol. The molecule has 3 rings (SSSR count). The molecule has 0 bridgehead atoms. The third kappa shape index (κ3) is 3.53. The molecular formula is C16H18N2O6S. The Morgan fingerprint density at radius 3 is 2.60 bits per heavy atom. The molecule has 1 aromatic heterocycles. The molecule has 1 amide bonds. The Morgan fingerprint density at radius 1 is 1.24 bits per heavy atom. The van der Waals surface area contributed by atoms with E-state index >= 15 is 0 Å². The fourth-order valence-electron chi connectivity index (χ4n) is 2.50. The Kier molecular flexibility index (Phi) is 4.80. The van der Waals surface area contributed by atoms with Crippen LogP contribution < -0.4 is 5.32 Å². The molecule has 1 aliphatic rings. The monoisotopic (exact) mass is 366 g/mol. The number of sulfonamides is 1. The van der Waals surface area contributed by atoms with E-state index in [1.54, 1.807) is 13.0 Å². The lowest BCUT2D eigenvalue weighted by molar-refractivity contribution is 0.0730. The molecule has 9 heteroatoms. The lowest BCUT2D eigenvalue weighted by Gasteiger charge is -2.26. The van der Waals surface area contributed by atoms with Gasteiger partial charge in [0.2, 0.25) is 10.0 Å². The third-order valence-corrected chi connectivity index (χ3v) is 5.79. The molecule has 1 aliphatic heterocycles. The number of anilines is 1. The largest absolute Gasteiger partial charge is 0.506 e. The number of rotatable bonds is 4. The van der Waals surface area contributed by atoms with Crippen molar-refractivity contribution >= 4 is 21.6 Å². The van der Waals surface area contributed by atoms with Crippen LogP contribution in [0.2, 0.25) is 0 Å². The van der Waals surface area contributed by atoms with Crippen LogP contribution in [0.1, 0.15) is 16.1 Å². The molecule has 8 nitrogen and oxygen atoms in total. The minimum atomic E-state index is -3.73. The van der Waals surface area contributed by atoms with Crippen molar-refractivity contribution in [1.29, 1.82) is 0 Å². The number of furan rings is 1. The number of aryl methyl sites for hydroxylation is 1. The first-order chi connectivity index (χ1) is 11.9. The number of benzene rings is 1. The van der Waals surface area contributed by atoms with E-state index in [1.807, 2.05) is 0 Å². The van der Waals surface area contributed by atoms with Crippen LogP contribution in [0.25, 0.3) is 0 Å². The van der Waals surface area contributed by atoms with Crippen molar-refractivity contribution < 1.29 is 27.5 Å². The number of nitrogens with zero attached hydrogens (tertiary/aromatic N) is 1. The summed E-state index contributed by atoms with van der Waals surface area (Å²) in [6.07, 6.45) is 1.38. The SMILES string of the molecule is Cc1ccoc1C(=O)Nc1cc(S(=O)(=O)N2CCOCC2)ccc1O. The van der Waals surface area contributed by atoms with Crippen LogP contribution in [0.15, 0.2) is 39.8 Å². The van der Waals surface area contributed by atoms with Crippen molar-refractivity contribution in [3.63, 3.8) is 0 Å². The van der Waals surface area contributed by atoms with E-state index in [1.165, 1.54) is 28.8 Å². The molecule has 2 aromatic rings. The second-order valence-electron chi connectivity index (χ2n) is 5.58. The van der Waals surface area contributed by atoms with Gasteiger partial charge >= 0.3 is 0 Å². The molecule has 25 heavy (non-hydrogen) atoms. The molecule has 2 N–H and O–H groups in total. The molecule has 0 saturated carbocycles. The Morgan fingerprint density at radius 2 is 1.96 bits per heavy atom. The van der Waals surface area contributed by atoms with Crippen LogP contribution in [-0.2, 0) is 14.8 Å². The van der Waals surface area contributed by atoms with E-state index in [9.17, 15) is 18.3 Å². The Labute approximate surface area is 145 Å². The van der Waals surface area contributed by atoms with Gasteiger partial charge in [-0.2, -0.15) is 4.31 Å². The highest BCUT2D eigenvalue weighted by Gasteiger charge is 2.27. The van der Waals surface area contributed by atoms with Crippen LogP contribution in [0.5, 0.6) is 5.75 Å². The molecule has 1 aromatic carbocycles. The van der Waals surface area contributed by atoms with Crippen molar-refractivity contribution in [3.8, 4) is 5.75 Å². The second-order valence-corrected chi connectivity index (χ2v) is 7.52. The quantitative estimate of drug-likeness (QED) is 0.795. The number of carbonyl (C=O) groups is 1. The molecule has 0 atom stereocenters. The molecule has 0 spiro atoms. The zero-order valence-corrected chi connectivity index (χ0v) is 14.4. The summed E-state index contributed by atoms with van der Waals surface area (Å²) >= 11 is 0. The van der Waals surface area contributed by atoms with Crippen LogP contribution in [0, 0.1) is 6.92 Å². The number of hydrogen-bond donors (Lipinski definition) is 2. The van der Waals surface area contributed by atoms with E-state index in [0.717, 1.165) is 0 Å². The summed E-state index contributed by atoms with van der Waals surface area (Å²) in [5.74, 6) is -0.710. The number of aromatic hydroxyl groups is 1. The highest BCUT2D eigenvalue weighted by atomic mass is 32.2. The fraction of sp³-hybridized carbons (Fsp3) is 0.312. The first-order valence-electron chi connectivity index (χ1n) is 7.66. The Hall–Kier alpha value is -2.36. The van der Waals surface area contributed by atoms with Crippen LogP contribution >= 0.6 is 0 Å². The number of phenols is 1. The first kappa shape index (κ1) is 17.5. The van der Waals surface area contributed by atoms with Gasteiger partial charge in [-0.3, -0.25) is 4.79 Å².